The minimum atomic E-state index is 0.609. The Balaban J connectivity index is 1.79. The van der Waals surface area contributed by atoms with Crippen LogP contribution in [0.3, 0.4) is 0 Å². The highest BCUT2D eigenvalue weighted by Gasteiger charge is 2.28. The van der Waals surface area contributed by atoms with Crippen LogP contribution in [0.15, 0.2) is 6.07 Å². The Morgan fingerprint density at radius 2 is 2.05 bits per heavy atom. The van der Waals surface area contributed by atoms with Crippen molar-refractivity contribution >= 4 is 11.6 Å². The highest BCUT2D eigenvalue weighted by atomic mass is 15.2. The minimum absolute atomic E-state index is 0.609. The van der Waals surface area contributed by atoms with Crippen LogP contribution in [0.2, 0.25) is 0 Å². The first kappa shape index (κ1) is 13.7. The molecule has 1 saturated carbocycles. The fourth-order valence-corrected chi connectivity index (χ4v) is 3.07. The number of rotatable bonds is 4. The van der Waals surface area contributed by atoms with Crippen LogP contribution < -0.4 is 10.2 Å². The Morgan fingerprint density at radius 3 is 2.75 bits per heavy atom. The number of hydrogen-bond acceptors (Lipinski definition) is 4. The summed E-state index contributed by atoms with van der Waals surface area (Å²) in [5, 5.41) is 3.19. The van der Waals surface area contributed by atoms with Crippen molar-refractivity contribution in [2.24, 2.45) is 5.92 Å². The molecule has 1 saturated heterocycles. The Labute approximate surface area is 122 Å². The van der Waals surface area contributed by atoms with Crippen LogP contribution >= 0.6 is 0 Å². The smallest absolute Gasteiger partial charge is 0.136 e. The molecule has 1 aliphatic carbocycles. The van der Waals surface area contributed by atoms with Gasteiger partial charge in [0.05, 0.1) is 0 Å². The molecular weight excluding hydrogens is 248 g/mol. The van der Waals surface area contributed by atoms with Crippen LogP contribution in [-0.4, -0.2) is 30.1 Å². The second-order valence-electron chi connectivity index (χ2n) is 6.19. The summed E-state index contributed by atoms with van der Waals surface area (Å²) < 4.78 is 0. The van der Waals surface area contributed by atoms with Crippen molar-refractivity contribution in [3.05, 3.63) is 11.9 Å². The van der Waals surface area contributed by atoms with Gasteiger partial charge in [0.25, 0.3) is 0 Å². The maximum Gasteiger partial charge on any atom is 0.136 e. The molecule has 4 nitrogen and oxygen atoms in total. The molecule has 1 aliphatic heterocycles. The zero-order valence-corrected chi connectivity index (χ0v) is 12.7. The summed E-state index contributed by atoms with van der Waals surface area (Å²) in [4.78, 5) is 11.9. The molecule has 4 heteroatoms. The average Bonchev–Trinajstić information content (AvgIpc) is 3.32. The molecule has 0 amide bonds. The summed E-state index contributed by atoms with van der Waals surface area (Å²) in [5.74, 6) is 4.64. The van der Waals surface area contributed by atoms with Crippen molar-refractivity contribution in [1.29, 1.82) is 0 Å². The topological polar surface area (TPSA) is 41.0 Å². The van der Waals surface area contributed by atoms with Gasteiger partial charge in [0.15, 0.2) is 0 Å². The van der Waals surface area contributed by atoms with Gasteiger partial charge in [0, 0.05) is 32.1 Å². The molecule has 20 heavy (non-hydrogen) atoms. The van der Waals surface area contributed by atoms with Crippen LogP contribution in [0.25, 0.3) is 0 Å². The first-order chi connectivity index (χ1) is 9.80. The Bertz CT molecular complexity index is 456. The van der Waals surface area contributed by atoms with E-state index in [9.17, 15) is 0 Å². The van der Waals surface area contributed by atoms with E-state index >= 15 is 0 Å². The fourth-order valence-electron chi connectivity index (χ4n) is 3.07. The highest BCUT2D eigenvalue weighted by Crippen LogP contribution is 2.39. The lowest BCUT2D eigenvalue weighted by molar-refractivity contribution is 0.459. The monoisotopic (exact) mass is 274 g/mol. The van der Waals surface area contributed by atoms with E-state index in [4.69, 9.17) is 4.98 Å². The normalized spacial score (nSPS) is 23.5. The van der Waals surface area contributed by atoms with Crippen molar-refractivity contribution < 1.29 is 0 Å². The molecule has 0 bridgehead atoms. The highest BCUT2D eigenvalue weighted by molar-refractivity contribution is 5.49. The van der Waals surface area contributed by atoms with Crippen molar-refractivity contribution in [3.8, 4) is 0 Å². The Hall–Kier alpha value is -1.32. The molecule has 2 fully saturated rings. The van der Waals surface area contributed by atoms with Crippen LogP contribution in [0.4, 0.5) is 11.6 Å². The lowest BCUT2D eigenvalue weighted by atomic mass is 9.98. The summed E-state index contributed by atoms with van der Waals surface area (Å²) in [6, 6.07) is 2.11. The van der Waals surface area contributed by atoms with Gasteiger partial charge in [-0.15, -0.1) is 0 Å². The Kier molecular flexibility index (Phi) is 4.08. The predicted molar refractivity (Wildman–Crippen MR) is 83.4 cm³/mol. The predicted octanol–water partition coefficient (Wildman–Crippen LogP) is 3.41. The van der Waals surface area contributed by atoms with Gasteiger partial charge in [0.1, 0.15) is 17.5 Å². The molecule has 2 heterocycles. The van der Waals surface area contributed by atoms with Crippen LogP contribution in [-0.2, 0) is 0 Å². The molecule has 3 rings (SSSR count). The molecule has 110 valence electrons. The van der Waals surface area contributed by atoms with Crippen molar-refractivity contribution in [1.82, 2.24) is 9.97 Å². The molecule has 1 atom stereocenters. The first-order valence-corrected chi connectivity index (χ1v) is 8.11. The number of aromatic nitrogens is 2. The second kappa shape index (κ2) is 5.98. The van der Waals surface area contributed by atoms with Gasteiger partial charge >= 0.3 is 0 Å². The quantitative estimate of drug-likeness (QED) is 0.913. The summed E-state index contributed by atoms with van der Waals surface area (Å²) in [6.07, 6.45) is 7.78. The van der Waals surface area contributed by atoms with E-state index in [0.29, 0.717) is 5.92 Å². The first-order valence-electron chi connectivity index (χ1n) is 8.11. The van der Waals surface area contributed by atoms with Gasteiger partial charge in [-0.3, -0.25) is 0 Å². The average molecular weight is 274 g/mol. The second-order valence-corrected chi connectivity index (χ2v) is 6.19. The number of anilines is 2. The van der Waals surface area contributed by atoms with Crippen LogP contribution in [0.5, 0.6) is 0 Å². The zero-order chi connectivity index (χ0) is 13.9. The van der Waals surface area contributed by atoms with E-state index in [2.05, 4.69) is 28.2 Å². The molecule has 0 aromatic carbocycles. The van der Waals surface area contributed by atoms with Gasteiger partial charge in [-0.05, 0) is 38.0 Å². The SMILES string of the molecule is CCC1CCCN(c2cc(NC)nc(C3CC3)n2)CC1. The van der Waals surface area contributed by atoms with E-state index in [-0.39, 0.29) is 0 Å². The maximum absolute atomic E-state index is 4.83. The maximum atomic E-state index is 4.83. The third kappa shape index (κ3) is 3.05. The van der Waals surface area contributed by atoms with Crippen molar-refractivity contribution in [2.45, 2.75) is 51.4 Å². The molecule has 0 radical (unpaired) electrons. The minimum Gasteiger partial charge on any atom is -0.373 e. The third-order valence-corrected chi connectivity index (χ3v) is 4.68. The largest absolute Gasteiger partial charge is 0.373 e. The molecule has 1 aromatic rings. The van der Waals surface area contributed by atoms with Gasteiger partial charge in [-0.25, -0.2) is 9.97 Å². The van der Waals surface area contributed by atoms with E-state index < -0.39 is 0 Å². The van der Waals surface area contributed by atoms with E-state index in [1.807, 2.05) is 7.05 Å². The molecule has 1 aromatic heterocycles. The van der Waals surface area contributed by atoms with Crippen LogP contribution in [0, 0.1) is 5.92 Å². The molecular formula is C16H26N4. The zero-order valence-electron chi connectivity index (χ0n) is 12.7. The molecule has 2 aliphatic rings. The molecule has 1 unspecified atom stereocenters. The van der Waals surface area contributed by atoms with Gasteiger partial charge in [-0.2, -0.15) is 0 Å². The number of nitrogens with one attached hydrogen (secondary N) is 1. The van der Waals surface area contributed by atoms with E-state index in [0.717, 1.165) is 36.5 Å². The van der Waals surface area contributed by atoms with Crippen molar-refractivity contribution in [3.63, 3.8) is 0 Å². The van der Waals surface area contributed by atoms with Gasteiger partial charge in [0.2, 0.25) is 0 Å². The Morgan fingerprint density at radius 1 is 1.20 bits per heavy atom. The van der Waals surface area contributed by atoms with Crippen LogP contribution in [0.1, 0.15) is 57.2 Å². The summed E-state index contributed by atoms with van der Waals surface area (Å²) in [6.45, 7) is 4.60. The third-order valence-electron chi connectivity index (χ3n) is 4.68. The number of hydrogen-bond donors (Lipinski definition) is 1. The summed E-state index contributed by atoms with van der Waals surface area (Å²) in [5.41, 5.74) is 0. The van der Waals surface area contributed by atoms with E-state index in [1.54, 1.807) is 0 Å². The number of nitrogens with zero attached hydrogens (tertiary/aromatic N) is 3. The lowest BCUT2D eigenvalue weighted by Gasteiger charge is -2.22. The van der Waals surface area contributed by atoms with Gasteiger partial charge in [-0.1, -0.05) is 13.3 Å². The summed E-state index contributed by atoms with van der Waals surface area (Å²) >= 11 is 0. The van der Waals surface area contributed by atoms with Crippen molar-refractivity contribution in [2.75, 3.05) is 30.4 Å². The fraction of sp³-hybridized carbons (Fsp3) is 0.750. The molecule has 0 spiro atoms. The van der Waals surface area contributed by atoms with E-state index in [1.165, 1.54) is 38.5 Å². The summed E-state index contributed by atoms with van der Waals surface area (Å²) in [7, 11) is 1.94. The van der Waals surface area contributed by atoms with Gasteiger partial charge < -0.3 is 10.2 Å². The standard InChI is InChI=1S/C16H26N4/c1-3-12-5-4-9-20(10-8-12)15-11-14(17-2)18-16(19-15)13-6-7-13/h11-13H,3-10H2,1-2H3,(H,17,18,19). The lowest BCUT2D eigenvalue weighted by Crippen LogP contribution is -2.26. The molecule has 1 N–H and O–H groups in total.